The third-order valence-corrected chi connectivity index (χ3v) is 10.1. The summed E-state index contributed by atoms with van der Waals surface area (Å²) in [5, 5.41) is 5.18. The van der Waals surface area contributed by atoms with Gasteiger partial charge in [0.25, 0.3) is 0 Å². The maximum atomic E-state index is 5.08. The first-order valence-electron chi connectivity index (χ1n) is 16.3. The highest BCUT2D eigenvalue weighted by Crippen LogP contribution is 2.49. The number of aliphatic imine (C=N–C) groups is 1. The fraction of sp³-hybridized carbons (Fsp3) is 0.0217. The van der Waals surface area contributed by atoms with Gasteiger partial charge < -0.3 is 0 Å². The summed E-state index contributed by atoms with van der Waals surface area (Å²) >= 11 is 0. The molecule has 1 nitrogen and oxygen atoms in total. The van der Waals surface area contributed by atoms with Crippen LogP contribution in [0.15, 0.2) is 175 Å². The Hall–Kier alpha value is -6.05. The number of rotatable bonds is 4. The second kappa shape index (κ2) is 10.2. The first-order chi connectivity index (χ1) is 23.3. The molecule has 1 atom stereocenters. The normalized spacial score (nSPS) is 14.3. The molecule has 1 heterocycles. The van der Waals surface area contributed by atoms with Crippen LogP contribution < -0.4 is 0 Å². The van der Waals surface area contributed by atoms with Crippen LogP contribution in [0.4, 0.5) is 5.69 Å². The molecule has 10 rings (SSSR count). The van der Waals surface area contributed by atoms with Gasteiger partial charge in [-0.05, 0) is 101 Å². The summed E-state index contributed by atoms with van der Waals surface area (Å²) in [7, 11) is 0. The summed E-state index contributed by atoms with van der Waals surface area (Å²) < 4.78 is 0. The molecule has 0 N–H and O–H groups in total. The maximum absolute atomic E-state index is 5.08. The smallest absolute Gasteiger partial charge is 0.0675 e. The Morgan fingerprint density at radius 1 is 0.383 bits per heavy atom. The summed E-state index contributed by atoms with van der Waals surface area (Å²) in [6.07, 6.45) is 0. The van der Waals surface area contributed by atoms with Crippen molar-refractivity contribution in [1.29, 1.82) is 0 Å². The van der Waals surface area contributed by atoms with E-state index in [0.29, 0.717) is 0 Å². The van der Waals surface area contributed by atoms with Crippen molar-refractivity contribution in [3.05, 3.63) is 187 Å². The Bertz CT molecular complexity index is 2530. The van der Waals surface area contributed by atoms with Crippen LogP contribution in [-0.2, 0) is 0 Å². The van der Waals surface area contributed by atoms with Gasteiger partial charge in [0.2, 0.25) is 0 Å². The summed E-state index contributed by atoms with van der Waals surface area (Å²) in [5.74, 6) is 0.123. The molecule has 1 unspecified atom stereocenters. The Balaban J connectivity index is 0.990. The molecule has 218 valence electrons. The minimum absolute atomic E-state index is 0.123. The van der Waals surface area contributed by atoms with E-state index in [1.807, 2.05) is 0 Å². The van der Waals surface area contributed by atoms with Crippen molar-refractivity contribution in [1.82, 2.24) is 0 Å². The summed E-state index contributed by atoms with van der Waals surface area (Å²) in [4.78, 5) is 5.08. The molecule has 0 bridgehead atoms. The minimum Gasteiger partial charge on any atom is -0.252 e. The van der Waals surface area contributed by atoms with Gasteiger partial charge in [0.15, 0.2) is 0 Å². The van der Waals surface area contributed by atoms with Gasteiger partial charge in [0.1, 0.15) is 0 Å². The van der Waals surface area contributed by atoms with Crippen molar-refractivity contribution in [2.24, 2.45) is 4.99 Å². The Morgan fingerprint density at radius 2 is 1.00 bits per heavy atom. The number of hydrogen-bond donors (Lipinski definition) is 0. The molecule has 1 heteroatoms. The van der Waals surface area contributed by atoms with E-state index in [2.05, 4.69) is 170 Å². The number of nitrogens with zero attached hydrogens (tertiary/aromatic N) is 1. The molecule has 0 saturated heterocycles. The van der Waals surface area contributed by atoms with E-state index in [1.165, 1.54) is 82.7 Å². The Labute approximate surface area is 274 Å². The molecule has 1 aliphatic carbocycles. The van der Waals surface area contributed by atoms with E-state index in [1.54, 1.807) is 0 Å². The zero-order chi connectivity index (χ0) is 30.9. The minimum atomic E-state index is 0.123. The van der Waals surface area contributed by atoms with Crippen LogP contribution in [0, 0.1) is 0 Å². The highest BCUT2D eigenvalue weighted by molar-refractivity contribution is 6.19. The van der Waals surface area contributed by atoms with E-state index < -0.39 is 0 Å². The molecule has 0 aromatic heterocycles. The van der Waals surface area contributed by atoms with Crippen LogP contribution in [-0.4, -0.2) is 5.71 Å². The van der Waals surface area contributed by atoms with Gasteiger partial charge in [-0.2, -0.15) is 0 Å². The standard InChI is InChI=1S/C46H29N/c1-2-9-31(10-3-1)46-44(42-13-6-7-16-43(42)47-46)30-19-17-29(18-20-30)32-21-22-34-28-35(24-23-33(34)27-32)36-25-26-41-38-12-5-4-11-37(38)40-15-8-14-39(36)45(40)41/h1-28,44H. The van der Waals surface area contributed by atoms with Gasteiger partial charge in [-0.1, -0.05) is 152 Å². The second-order valence-corrected chi connectivity index (χ2v) is 12.7. The van der Waals surface area contributed by atoms with Crippen molar-refractivity contribution >= 4 is 32.9 Å². The Kier molecular flexibility index (Phi) is 5.70. The lowest BCUT2D eigenvalue weighted by atomic mass is 9.85. The predicted octanol–water partition coefficient (Wildman–Crippen LogP) is 12.2. The fourth-order valence-electron chi connectivity index (χ4n) is 7.87. The van der Waals surface area contributed by atoms with Crippen molar-refractivity contribution in [2.45, 2.75) is 5.92 Å². The van der Waals surface area contributed by atoms with Crippen LogP contribution >= 0.6 is 0 Å². The highest BCUT2D eigenvalue weighted by atomic mass is 14.8. The first-order valence-corrected chi connectivity index (χ1v) is 16.3. The fourth-order valence-corrected chi connectivity index (χ4v) is 7.87. The topological polar surface area (TPSA) is 12.4 Å². The summed E-state index contributed by atoms with van der Waals surface area (Å²) in [6.45, 7) is 0. The maximum Gasteiger partial charge on any atom is 0.0675 e. The summed E-state index contributed by atoms with van der Waals surface area (Å²) in [6, 6.07) is 62.1. The monoisotopic (exact) mass is 595 g/mol. The number of benzene rings is 8. The van der Waals surface area contributed by atoms with E-state index in [-0.39, 0.29) is 5.92 Å². The third kappa shape index (κ3) is 4.07. The van der Waals surface area contributed by atoms with Gasteiger partial charge >= 0.3 is 0 Å². The third-order valence-electron chi connectivity index (χ3n) is 10.1. The quantitative estimate of drug-likeness (QED) is 0.192. The molecular formula is C46H29N. The van der Waals surface area contributed by atoms with E-state index >= 15 is 0 Å². The molecule has 2 aliphatic rings. The molecular weight excluding hydrogens is 567 g/mol. The lowest BCUT2D eigenvalue weighted by Crippen LogP contribution is -2.11. The Morgan fingerprint density at radius 3 is 1.81 bits per heavy atom. The van der Waals surface area contributed by atoms with Crippen molar-refractivity contribution in [2.75, 3.05) is 0 Å². The molecule has 1 aliphatic heterocycles. The van der Waals surface area contributed by atoms with Crippen LogP contribution in [0.5, 0.6) is 0 Å². The highest BCUT2D eigenvalue weighted by Gasteiger charge is 2.29. The number of fused-ring (bicyclic) bond motifs is 5. The molecule has 0 radical (unpaired) electrons. The van der Waals surface area contributed by atoms with Crippen LogP contribution in [0.25, 0.3) is 66.1 Å². The molecule has 47 heavy (non-hydrogen) atoms. The van der Waals surface area contributed by atoms with Gasteiger partial charge in [-0.15, -0.1) is 0 Å². The lowest BCUT2D eigenvalue weighted by molar-refractivity contribution is 1.11. The molecule has 0 amide bonds. The van der Waals surface area contributed by atoms with E-state index in [4.69, 9.17) is 4.99 Å². The number of hydrogen-bond acceptors (Lipinski definition) is 1. The van der Waals surface area contributed by atoms with E-state index in [9.17, 15) is 0 Å². The zero-order valence-corrected chi connectivity index (χ0v) is 25.7. The van der Waals surface area contributed by atoms with Gasteiger partial charge in [0.05, 0.1) is 17.3 Å². The van der Waals surface area contributed by atoms with Gasteiger partial charge in [0, 0.05) is 0 Å². The van der Waals surface area contributed by atoms with Crippen molar-refractivity contribution < 1.29 is 0 Å². The van der Waals surface area contributed by atoms with Crippen molar-refractivity contribution in [3.8, 4) is 44.5 Å². The van der Waals surface area contributed by atoms with Crippen LogP contribution in [0.1, 0.15) is 22.6 Å². The van der Waals surface area contributed by atoms with Gasteiger partial charge in [-0.25, -0.2) is 0 Å². The largest absolute Gasteiger partial charge is 0.252 e. The molecule has 0 saturated carbocycles. The SMILES string of the molecule is c1ccc(C2=Nc3ccccc3C2c2ccc(-c3ccc4cc(-c5ccc6c7c(cccc57)-c5ccccc5-6)ccc4c3)cc2)cc1. The average molecular weight is 596 g/mol. The van der Waals surface area contributed by atoms with Crippen LogP contribution in [0.3, 0.4) is 0 Å². The van der Waals surface area contributed by atoms with Gasteiger partial charge in [-0.3, -0.25) is 4.99 Å². The molecule has 0 fully saturated rings. The van der Waals surface area contributed by atoms with Crippen LogP contribution in [0.2, 0.25) is 0 Å². The van der Waals surface area contributed by atoms with Crippen molar-refractivity contribution in [3.63, 3.8) is 0 Å². The molecule has 8 aromatic rings. The lowest BCUT2D eigenvalue weighted by Gasteiger charge is -2.16. The molecule has 0 spiro atoms. The van der Waals surface area contributed by atoms with E-state index in [0.717, 1.165) is 11.4 Å². The second-order valence-electron chi connectivity index (χ2n) is 12.7. The zero-order valence-electron chi connectivity index (χ0n) is 25.7. The average Bonchev–Trinajstić information content (AvgIpc) is 3.69. The summed E-state index contributed by atoms with van der Waals surface area (Å²) in [5.41, 5.74) is 16.2. The number of para-hydroxylation sites is 1. The molecule has 8 aromatic carbocycles. The predicted molar refractivity (Wildman–Crippen MR) is 198 cm³/mol. The first kappa shape index (κ1) is 26.2.